The molecule has 8 heteroatoms. The molecule has 1 heterocycles. The van der Waals surface area contributed by atoms with Crippen LogP contribution in [-0.2, 0) is 22.1 Å². The SMILES string of the molecule is C[C@@H]1C(=O)N(c2ccc(Cl)cc2F)CC(=O)N1Cc1ccc(C(C)(F)F)cc1. The number of hydrogen-bond donors (Lipinski definition) is 0. The Morgan fingerprint density at radius 2 is 1.79 bits per heavy atom. The first kappa shape index (κ1) is 20.2. The van der Waals surface area contributed by atoms with Gasteiger partial charge in [0.1, 0.15) is 18.4 Å². The first-order valence-electron chi connectivity index (χ1n) is 8.61. The molecule has 3 rings (SSSR count). The number of anilines is 1. The van der Waals surface area contributed by atoms with Gasteiger partial charge in [0.2, 0.25) is 11.8 Å². The Hall–Kier alpha value is -2.54. The second-order valence-electron chi connectivity index (χ2n) is 6.80. The number of rotatable bonds is 4. The van der Waals surface area contributed by atoms with Crippen LogP contribution in [0.15, 0.2) is 42.5 Å². The van der Waals surface area contributed by atoms with Crippen LogP contribution in [0.3, 0.4) is 0 Å². The van der Waals surface area contributed by atoms with Crippen LogP contribution in [0.5, 0.6) is 0 Å². The van der Waals surface area contributed by atoms with Gasteiger partial charge in [0.05, 0.1) is 5.69 Å². The lowest BCUT2D eigenvalue weighted by Crippen LogP contribution is -2.58. The lowest BCUT2D eigenvalue weighted by molar-refractivity contribution is -0.143. The molecule has 0 N–H and O–H groups in total. The van der Waals surface area contributed by atoms with E-state index in [2.05, 4.69) is 0 Å². The van der Waals surface area contributed by atoms with E-state index in [-0.39, 0.29) is 35.3 Å². The van der Waals surface area contributed by atoms with Crippen molar-refractivity contribution in [1.29, 1.82) is 0 Å². The second-order valence-corrected chi connectivity index (χ2v) is 7.24. The molecule has 2 amide bonds. The zero-order valence-electron chi connectivity index (χ0n) is 15.3. The van der Waals surface area contributed by atoms with Crippen molar-refractivity contribution in [1.82, 2.24) is 4.90 Å². The third-order valence-corrected chi connectivity index (χ3v) is 4.95. The number of carbonyl (C=O) groups is 2. The van der Waals surface area contributed by atoms with Crippen molar-refractivity contribution < 1.29 is 22.8 Å². The van der Waals surface area contributed by atoms with Gasteiger partial charge in [-0.15, -0.1) is 0 Å². The highest BCUT2D eigenvalue weighted by molar-refractivity contribution is 6.30. The molecule has 2 aromatic carbocycles. The largest absolute Gasteiger partial charge is 0.325 e. The summed E-state index contributed by atoms with van der Waals surface area (Å²) >= 11 is 5.74. The average Bonchev–Trinajstić information content (AvgIpc) is 2.62. The molecule has 0 saturated carbocycles. The smallest absolute Gasteiger partial charge is 0.270 e. The zero-order valence-corrected chi connectivity index (χ0v) is 16.0. The van der Waals surface area contributed by atoms with E-state index in [0.717, 1.165) is 17.9 Å². The topological polar surface area (TPSA) is 40.6 Å². The maximum Gasteiger partial charge on any atom is 0.270 e. The molecule has 0 unspecified atom stereocenters. The molecule has 2 aromatic rings. The summed E-state index contributed by atoms with van der Waals surface area (Å²) in [5.41, 5.74) is 0.477. The highest BCUT2D eigenvalue weighted by atomic mass is 35.5. The Morgan fingerprint density at radius 1 is 1.14 bits per heavy atom. The molecule has 0 spiro atoms. The fraction of sp³-hybridized carbons (Fsp3) is 0.300. The molecular formula is C20H18ClF3N2O2. The molecule has 0 aliphatic carbocycles. The van der Waals surface area contributed by atoms with Crippen LogP contribution in [0, 0.1) is 5.82 Å². The highest BCUT2D eigenvalue weighted by Crippen LogP contribution is 2.29. The molecule has 0 radical (unpaired) electrons. The second kappa shape index (κ2) is 7.47. The Kier molecular flexibility index (Phi) is 5.39. The van der Waals surface area contributed by atoms with E-state index in [1.165, 1.54) is 41.3 Å². The van der Waals surface area contributed by atoms with Gasteiger partial charge in [-0.25, -0.2) is 13.2 Å². The number of piperazine rings is 1. The van der Waals surface area contributed by atoms with Gasteiger partial charge >= 0.3 is 0 Å². The number of amides is 2. The van der Waals surface area contributed by atoms with Crippen LogP contribution < -0.4 is 4.90 Å². The first-order valence-corrected chi connectivity index (χ1v) is 8.99. The van der Waals surface area contributed by atoms with E-state index in [1.54, 1.807) is 6.92 Å². The van der Waals surface area contributed by atoms with Crippen molar-refractivity contribution >= 4 is 29.1 Å². The number of alkyl halides is 2. The van der Waals surface area contributed by atoms with Crippen molar-refractivity contribution in [3.63, 3.8) is 0 Å². The number of halogens is 4. The standard InChI is InChI=1S/C20H18ClF3N2O2/c1-12-19(28)26(17-8-7-15(21)9-16(17)22)11-18(27)25(12)10-13-3-5-14(6-4-13)20(2,23)24/h3-9,12H,10-11H2,1-2H3/t12-/m1/s1. The third kappa shape index (κ3) is 3.99. The van der Waals surface area contributed by atoms with Crippen molar-refractivity contribution in [2.45, 2.75) is 32.4 Å². The van der Waals surface area contributed by atoms with Crippen molar-refractivity contribution in [2.24, 2.45) is 0 Å². The van der Waals surface area contributed by atoms with E-state index in [9.17, 15) is 22.8 Å². The summed E-state index contributed by atoms with van der Waals surface area (Å²) in [6.45, 7) is 2.14. The Morgan fingerprint density at radius 3 is 2.36 bits per heavy atom. The van der Waals surface area contributed by atoms with E-state index >= 15 is 0 Å². The molecule has 0 bridgehead atoms. The van der Waals surface area contributed by atoms with Gasteiger partial charge in [0.25, 0.3) is 5.92 Å². The summed E-state index contributed by atoms with van der Waals surface area (Å²) in [5, 5.41) is 0.188. The van der Waals surface area contributed by atoms with Crippen LogP contribution in [-0.4, -0.2) is 29.3 Å². The van der Waals surface area contributed by atoms with Crippen molar-refractivity contribution in [3.8, 4) is 0 Å². The van der Waals surface area contributed by atoms with Crippen molar-refractivity contribution in [3.05, 3.63) is 64.4 Å². The first-order chi connectivity index (χ1) is 13.1. The fourth-order valence-electron chi connectivity index (χ4n) is 3.11. The summed E-state index contributed by atoms with van der Waals surface area (Å²) in [6.07, 6.45) is 0. The Bertz CT molecular complexity index is 913. The van der Waals surface area contributed by atoms with E-state index < -0.39 is 23.7 Å². The van der Waals surface area contributed by atoms with Gasteiger partial charge in [-0.3, -0.25) is 14.5 Å². The molecular weight excluding hydrogens is 393 g/mol. The van der Waals surface area contributed by atoms with Gasteiger partial charge in [-0.1, -0.05) is 35.9 Å². The minimum absolute atomic E-state index is 0.0104. The number of nitrogens with zero attached hydrogens (tertiary/aromatic N) is 2. The maximum atomic E-state index is 14.2. The number of carbonyl (C=O) groups excluding carboxylic acids is 2. The van der Waals surface area contributed by atoms with Crippen LogP contribution >= 0.6 is 11.6 Å². The predicted octanol–water partition coefficient (Wildman–Crippen LogP) is 4.35. The van der Waals surface area contributed by atoms with Crippen molar-refractivity contribution in [2.75, 3.05) is 11.4 Å². The molecule has 28 heavy (non-hydrogen) atoms. The Labute approximate surface area is 165 Å². The molecule has 148 valence electrons. The van der Waals surface area contributed by atoms with E-state index in [0.29, 0.717) is 5.56 Å². The summed E-state index contributed by atoms with van der Waals surface area (Å²) < 4.78 is 40.8. The normalized spacial score (nSPS) is 18.0. The molecule has 1 aliphatic heterocycles. The fourth-order valence-corrected chi connectivity index (χ4v) is 3.27. The minimum Gasteiger partial charge on any atom is -0.325 e. The van der Waals surface area contributed by atoms with Gasteiger partial charge in [0, 0.05) is 24.1 Å². The van der Waals surface area contributed by atoms with Crippen LogP contribution in [0.2, 0.25) is 5.02 Å². The molecule has 0 aromatic heterocycles. The van der Waals surface area contributed by atoms with Gasteiger partial charge in [-0.2, -0.15) is 0 Å². The molecule has 1 fully saturated rings. The predicted molar refractivity (Wildman–Crippen MR) is 99.8 cm³/mol. The number of hydrogen-bond acceptors (Lipinski definition) is 2. The van der Waals surface area contributed by atoms with Gasteiger partial charge in [-0.05, 0) is 30.7 Å². The molecule has 1 aliphatic rings. The van der Waals surface area contributed by atoms with E-state index in [1.807, 2.05) is 0 Å². The molecule has 1 atom stereocenters. The van der Waals surface area contributed by atoms with E-state index in [4.69, 9.17) is 11.6 Å². The summed E-state index contributed by atoms with van der Waals surface area (Å²) in [5.74, 6) is -4.44. The lowest BCUT2D eigenvalue weighted by Gasteiger charge is -2.38. The van der Waals surface area contributed by atoms with Gasteiger partial charge in [0.15, 0.2) is 0 Å². The van der Waals surface area contributed by atoms with Crippen LogP contribution in [0.1, 0.15) is 25.0 Å². The third-order valence-electron chi connectivity index (χ3n) is 4.72. The highest BCUT2D eigenvalue weighted by Gasteiger charge is 2.38. The minimum atomic E-state index is -2.95. The number of benzene rings is 2. The summed E-state index contributed by atoms with van der Waals surface area (Å²) in [6, 6.07) is 8.65. The van der Waals surface area contributed by atoms with Gasteiger partial charge < -0.3 is 4.90 Å². The average molecular weight is 411 g/mol. The lowest BCUT2D eigenvalue weighted by atomic mass is 10.1. The molecule has 1 saturated heterocycles. The molecule has 4 nitrogen and oxygen atoms in total. The zero-order chi connectivity index (χ0) is 20.6. The summed E-state index contributed by atoms with van der Waals surface area (Å²) in [4.78, 5) is 27.8. The summed E-state index contributed by atoms with van der Waals surface area (Å²) in [7, 11) is 0. The monoisotopic (exact) mass is 410 g/mol. The Balaban J connectivity index is 1.79. The van der Waals surface area contributed by atoms with Crippen LogP contribution in [0.25, 0.3) is 0 Å². The maximum absolute atomic E-state index is 14.2. The quantitative estimate of drug-likeness (QED) is 0.751. The van der Waals surface area contributed by atoms with Crippen LogP contribution in [0.4, 0.5) is 18.9 Å².